The Labute approximate surface area is 152 Å². The van der Waals surface area contributed by atoms with Crippen LogP contribution >= 0.6 is 7.60 Å². The molecule has 0 saturated carbocycles. The number of hydrogen-bond acceptors (Lipinski definition) is 5. The lowest BCUT2D eigenvalue weighted by atomic mass is 10.0. The molecule has 1 unspecified atom stereocenters. The van der Waals surface area contributed by atoms with Crippen LogP contribution < -0.4 is 4.74 Å². The second-order valence-corrected chi connectivity index (χ2v) is 7.66. The molecule has 0 amide bonds. The smallest absolute Gasteiger partial charge is 0.454 e. The van der Waals surface area contributed by atoms with Crippen LogP contribution in [0, 0.1) is 6.92 Å². The summed E-state index contributed by atoms with van der Waals surface area (Å²) in [6, 6.07) is 3.87. The van der Waals surface area contributed by atoms with Crippen LogP contribution in [0.3, 0.4) is 0 Å². The van der Waals surface area contributed by atoms with Crippen molar-refractivity contribution in [2.24, 2.45) is 0 Å². The average Bonchev–Trinajstić information content (AvgIpc) is 2.54. The fourth-order valence-corrected chi connectivity index (χ4v) is 4.46. The van der Waals surface area contributed by atoms with Crippen molar-refractivity contribution in [2.75, 3.05) is 13.2 Å². The van der Waals surface area contributed by atoms with E-state index in [0.29, 0.717) is 5.56 Å². The summed E-state index contributed by atoms with van der Waals surface area (Å²) in [5, 5.41) is 9.31. The van der Waals surface area contributed by atoms with Crippen LogP contribution in [0.15, 0.2) is 29.3 Å². The number of benzene rings is 1. The SMILES string of the molecule is CCOP(=O)(OCC)C1=C(C(F)(F)C(F)(F)F)Oc2ccc(C)cc2C1O. The van der Waals surface area contributed by atoms with E-state index in [1.807, 2.05) is 0 Å². The Balaban J connectivity index is 2.80. The molecule has 1 atom stereocenters. The predicted octanol–water partition coefficient (Wildman–Crippen LogP) is 5.10. The van der Waals surface area contributed by atoms with Crippen LogP contribution in [0.2, 0.25) is 0 Å². The Morgan fingerprint density at radius 1 is 1.15 bits per heavy atom. The van der Waals surface area contributed by atoms with Crippen LogP contribution in [0.5, 0.6) is 5.75 Å². The zero-order valence-electron chi connectivity index (χ0n) is 14.6. The van der Waals surface area contributed by atoms with Crippen molar-refractivity contribution >= 4 is 7.60 Å². The molecule has 1 aromatic rings. The van der Waals surface area contributed by atoms with Gasteiger partial charge < -0.3 is 18.9 Å². The molecular formula is C16H18F5O5P. The van der Waals surface area contributed by atoms with Gasteiger partial charge in [-0.25, -0.2) is 0 Å². The molecule has 27 heavy (non-hydrogen) atoms. The molecule has 2 rings (SSSR count). The van der Waals surface area contributed by atoms with Crippen molar-refractivity contribution in [3.8, 4) is 5.75 Å². The van der Waals surface area contributed by atoms with E-state index in [9.17, 15) is 31.6 Å². The normalized spacial score (nSPS) is 18.3. The number of allylic oxidation sites excluding steroid dienone is 1. The van der Waals surface area contributed by atoms with Crippen LogP contribution in [-0.4, -0.2) is 30.4 Å². The summed E-state index contributed by atoms with van der Waals surface area (Å²) >= 11 is 0. The molecule has 5 nitrogen and oxygen atoms in total. The maximum Gasteiger partial charge on any atom is 0.461 e. The molecule has 11 heteroatoms. The van der Waals surface area contributed by atoms with E-state index >= 15 is 0 Å². The first-order valence-corrected chi connectivity index (χ1v) is 9.48. The van der Waals surface area contributed by atoms with Gasteiger partial charge in [-0.1, -0.05) is 11.6 Å². The minimum Gasteiger partial charge on any atom is -0.454 e. The van der Waals surface area contributed by atoms with E-state index in [4.69, 9.17) is 13.8 Å². The van der Waals surface area contributed by atoms with Crippen LogP contribution in [0.4, 0.5) is 22.0 Å². The maximum absolute atomic E-state index is 14.2. The summed E-state index contributed by atoms with van der Waals surface area (Å²) in [7, 11) is -4.72. The zero-order valence-corrected chi connectivity index (χ0v) is 15.5. The van der Waals surface area contributed by atoms with Crippen molar-refractivity contribution in [2.45, 2.75) is 39.0 Å². The summed E-state index contributed by atoms with van der Waals surface area (Å²) in [5.41, 5.74) is 0.454. The third kappa shape index (κ3) is 3.89. The van der Waals surface area contributed by atoms with Gasteiger partial charge in [0.2, 0.25) is 0 Å². The molecule has 0 aromatic heterocycles. The molecule has 1 aliphatic rings. The first kappa shape index (κ1) is 21.8. The molecule has 0 aliphatic carbocycles. The van der Waals surface area contributed by atoms with Gasteiger partial charge in [0.15, 0.2) is 5.76 Å². The second-order valence-electron chi connectivity index (χ2n) is 5.67. The molecule has 0 bridgehead atoms. The molecule has 0 saturated heterocycles. The Kier molecular flexibility index (Phi) is 6.06. The van der Waals surface area contributed by atoms with Crippen molar-refractivity contribution in [1.29, 1.82) is 0 Å². The van der Waals surface area contributed by atoms with Crippen molar-refractivity contribution in [3.05, 3.63) is 40.4 Å². The Morgan fingerprint density at radius 2 is 1.70 bits per heavy atom. The number of rotatable bonds is 6. The fourth-order valence-electron chi connectivity index (χ4n) is 2.55. The third-order valence-electron chi connectivity index (χ3n) is 3.70. The highest BCUT2D eigenvalue weighted by molar-refractivity contribution is 7.58. The molecule has 1 aliphatic heterocycles. The van der Waals surface area contributed by atoms with Crippen LogP contribution in [0.1, 0.15) is 31.1 Å². The van der Waals surface area contributed by atoms with Gasteiger partial charge in [-0.2, -0.15) is 22.0 Å². The Hall–Kier alpha value is -1.48. The van der Waals surface area contributed by atoms with Crippen molar-refractivity contribution in [3.63, 3.8) is 0 Å². The highest BCUT2D eigenvalue weighted by Gasteiger charge is 2.65. The maximum atomic E-state index is 14.2. The van der Waals surface area contributed by atoms with Gasteiger partial charge in [0.25, 0.3) is 0 Å². The molecule has 0 radical (unpaired) electrons. The number of aliphatic hydroxyl groups is 1. The summed E-state index contributed by atoms with van der Waals surface area (Å²) in [4.78, 5) is 0. The lowest BCUT2D eigenvalue weighted by Gasteiger charge is -2.34. The second kappa shape index (κ2) is 7.50. The van der Waals surface area contributed by atoms with Gasteiger partial charge in [-0.05, 0) is 32.9 Å². The number of alkyl halides is 5. The molecule has 1 heterocycles. The van der Waals surface area contributed by atoms with Gasteiger partial charge in [0, 0.05) is 5.56 Å². The minimum absolute atomic E-state index is 0.119. The van der Waals surface area contributed by atoms with Gasteiger partial charge >= 0.3 is 19.7 Å². The van der Waals surface area contributed by atoms with Crippen LogP contribution in [-0.2, 0) is 13.6 Å². The number of halogens is 5. The number of aliphatic hydroxyl groups excluding tert-OH is 1. The van der Waals surface area contributed by atoms with E-state index in [1.54, 1.807) is 6.92 Å². The number of ether oxygens (including phenoxy) is 1. The summed E-state index contributed by atoms with van der Waals surface area (Å²) in [6.45, 7) is 3.67. The topological polar surface area (TPSA) is 65.0 Å². The number of aryl methyl sites for hydroxylation is 1. The predicted molar refractivity (Wildman–Crippen MR) is 85.7 cm³/mol. The fraction of sp³-hybridized carbons (Fsp3) is 0.500. The van der Waals surface area contributed by atoms with E-state index in [-0.39, 0.29) is 18.8 Å². The Bertz CT molecular complexity index is 780. The first-order valence-electron chi connectivity index (χ1n) is 7.94. The minimum atomic E-state index is -6.06. The largest absolute Gasteiger partial charge is 0.461 e. The Morgan fingerprint density at radius 3 is 2.19 bits per heavy atom. The number of hydrogen-bond donors (Lipinski definition) is 1. The van der Waals surface area contributed by atoms with Gasteiger partial charge in [0.1, 0.15) is 17.2 Å². The lowest BCUT2D eigenvalue weighted by molar-refractivity contribution is -0.273. The highest BCUT2D eigenvalue weighted by Crippen LogP contribution is 2.65. The number of fused-ring (bicyclic) bond motifs is 1. The lowest BCUT2D eigenvalue weighted by Crippen LogP contribution is -2.42. The molecule has 1 N–H and O–H groups in total. The molecule has 0 spiro atoms. The first-order chi connectivity index (χ1) is 12.4. The molecule has 0 fully saturated rings. The molecular weight excluding hydrogens is 398 g/mol. The standard InChI is InChI=1S/C16H18F5O5P/c1-4-24-27(23,25-5-2)13-12(22)10-8-9(3)6-7-11(10)26-14(13)15(17,18)16(19,20)21/h6-8,12,22H,4-5H2,1-3H3. The zero-order chi connectivity index (χ0) is 20.6. The van der Waals surface area contributed by atoms with Gasteiger partial charge in [0.05, 0.1) is 13.2 Å². The van der Waals surface area contributed by atoms with E-state index < -0.39 is 42.6 Å². The average molecular weight is 416 g/mol. The van der Waals surface area contributed by atoms with Crippen molar-refractivity contribution < 1.29 is 45.4 Å². The van der Waals surface area contributed by atoms with Crippen LogP contribution in [0.25, 0.3) is 0 Å². The van der Waals surface area contributed by atoms with E-state index in [1.165, 1.54) is 26.0 Å². The van der Waals surface area contributed by atoms with Gasteiger partial charge in [-0.3, -0.25) is 4.57 Å². The summed E-state index contributed by atoms with van der Waals surface area (Å²) in [5.74, 6) is -7.94. The highest BCUT2D eigenvalue weighted by atomic mass is 31.2. The van der Waals surface area contributed by atoms with E-state index in [2.05, 4.69) is 0 Å². The molecule has 1 aromatic carbocycles. The summed E-state index contributed by atoms with van der Waals surface area (Å²) in [6.07, 6.45) is -8.15. The summed E-state index contributed by atoms with van der Waals surface area (Å²) < 4.78 is 95.0. The van der Waals surface area contributed by atoms with Gasteiger partial charge in [-0.15, -0.1) is 0 Å². The van der Waals surface area contributed by atoms with Crippen molar-refractivity contribution in [1.82, 2.24) is 0 Å². The quantitative estimate of drug-likeness (QED) is 0.517. The monoisotopic (exact) mass is 416 g/mol. The van der Waals surface area contributed by atoms with E-state index in [0.717, 1.165) is 6.07 Å². The third-order valence-corrected chi connectivity index (χ3v) is 5.93. The molecule has 152 valence electrons.